The molecule has 0 fully saturated rings. The van der Waals surface area contributed by atoms with Gasteiger partial charge in [0.15, 0.2) is 0 Å². The number of halogens is 1. The second-order valence-electron chi connectivity index (χ2n) is 1.63. The van der Waals surface area contributed by atoms with Crippen LogP contribution in [-0.2, 0) is 0 Å². The highest BCUT2D eigenvalue weighted by Gasteiger charge is 1.93. The van der Waals surface area contributed by atoms with E-state index in [1.165, 1.54) is 6.92 Å². The predicted molar refractivity (Wildman–Crippen MR) is 31.7 cm³/mol. The van der Waals surface area contributed by atoms with E-state index in [0.717, 1.165) is 0 Å². The topological polar surface area (TPSA) is 52.0 Å². The molecule has 4 N–H and O–H groups in total. The van der Waals surface area contributed by atoms with E-state index in [9.17, 15) is 4.39 Å². The van der Waals surface area contributed by atoms with E-state index in [2.05, 4.69) is 0 Å². The molecule has 0 atom stereocenters. The van der Waals surface area contributed by atoms with Gasteiger partial charge in [-0.1, -0.05) is 0 Å². The molecule has 0 aromatic heterocycles. The molecule has 0 aromatic rings. The van der Waals surface area contributed by atoms with Crippen molar-refractivity contribution in [2.75, 3.05) is 6.54 Å². The number of hydrogen-bond donors (Lipinski definition) is 2. The molecule has 0 radical (unpaired) electrons. The van der Waals surface area contributed by atoms with Gasteiger partial charge in [-0.15, -0.1) is 0 Å². The Balaban J connectivity index is 3.62. The molecule has 0 unspecified atom stereocenters. The summed E-state index contributed by atoms with van der Waals surface area (Å²) in [5.74, 6) is -0.299. The predicted octanol–water partition coefficient (Wildman–Crippen LogP) is 0.495. The highest BCUT2D eigenvalue weighted by atomic mass is 19.1. The summed E-state index contributed by atoms with van der Waals surface area (Å²) in [5, 5.41) is 0. The molecule has 0 aliphatic rings. The van der Waals surface area contributed by atoms with Gasteiger partial charge in [-0.25, -0.2) is 4.39 Å². The summed E-state index contributed by atoms with van der Waals surface area (Å²) in [6, 6.07) is 0. The maximum Gasteiger partial charge on any atom is 0.119 e. The van der Waals surface area contributed by atoms with Crippen LogP contribution in [0.4, 0.5) is 4.39 Å². The summed E-state index contributed by atoms with van der Waals surface area (Å²) in [6.45, 7) is 1.84. The Kier molecular flexibility index (Phi) is 3.19. The van der Waals surface area contributed by atoms with Gasteiger partial charge in [0.1, 0.15) is 5.83 Å². The minimum Gasteiger partial charge on any atom is -0.400 e. The number of rotatable bonds is 2. The monoisotopic (exact) mass is 118 g/mol. The number of hydrogen-bond acceptors (Lipinski definition) is 2. The van der Waals surface area contributed by atoms with Gasteiger partial charge in [-0.3, -0.25) is 0 Å². The Labute approximate surface area is 48.4 Å². The summed E-state index contributed by atoms with van der Waals surface area (Å²) in [5.41, 5.74) is 10.3. The van der Waals surface area contributed by atoms with Crippen LogP contribution >= 0.6 is 0 Å². The van der Waals surface area contributed by atoms with Crippen LogP contribution in [0.15, 0.2) is 11.5 Å². The maximum absolute atomic E-state index is 12.2. The van der Waals surface area contributed by atoms with Crippen molar-refractivity contribution in [2.45, 2.75) is 13.3 Å². The SMILES string of the molecule is C/C(N)=C(\F)CCN. The van der Waals surface area contributed by atoms with E-state index >= 15 is 0 Å². The highest BCUT2D eigenvalue weighted by Crippen LogP contribution is 2.02. The van der Waals surface area contributed by atoms with Crippen molar-refractivity contribution in [3.63, 3.8) is 0 Å². The second-order valence-corrected chi connectivity index (χ2v) is 1.63. The molecule has 0 bridgehead atoms. The van der Waals surface area contributed by atoms with E-state index in [4.69, 9.17) is 11.5 Å². The Morgan fingerprint density at radius 2 is 2.12 bits per heavy atom. The zero-order chi connectivity index (χ0) is 6.57. The zero-order valence-corrected chi connectivity index (χ0v) is 4.95. The molecule has 0 saturated carbocycles. The van der Waals surface area contributed by atoms with Crippen LogP contribution in [0.5, 0.6) is 0 Å². The Morgan fingerprint density at radius 3 is 2.25 bits per heavy atom. The summed E-state index contributed by atoms with van der Waals surface area (Å²) in [4.78, 5) is 0. The molecule has 0 heterocycles. The van der Waals surface area contributed by atoms with Gasteiger partial charge in [-0.05, 0) is 13.5 Å². The summed E-state index contributed by atoms with van der Waals surface area (Å²) < 4.78 is 12.2. The molecule has 0 aromatic carbocycles. The fourth-order valence-electron chi connectivity index (χ4n) is 0.324. The first-order chi connectivity index (χ1) is 3.68. The van der Waals surface area contributed by atoms with Gasteiger partial charge < -0.3 is 11.5 Å². The number of nitrogens with two attached hydrogens (primary N) is 2. The van der Waals surface area contributed by atoms with Gasteiger partial charge in [0, 0.05) is 12.1 Å². The van der Waals surface area contributed by atoms with Crippen molar-refractivity contribution in [2.24, 2.45) is 11.5 Å². The van der Waals surface area contributed by atoms with Crippen molar-refractivity contribution < 1.29 is 4.39 Å². The first-order valence-electron chi connectivity index (χ1n) is 2.49. The lowest BCUT2D eigenvalue weighted by Gasteiger charge is -1.93. The second kappa shape index (κ2) is 3.43. The van der Waals surface area contributed by atoms with Crippen LogP contribution in [0.2, 0.25) is 0 Å². The van der Waals surface area contributed by atoms with E-state index in [1.807, 2.05) is 0 Å². The molecule has 0 spiro atoms. The third-order valence-corrected chi connectivity index (χ3v) is 0.792. The summed E-state index contributed by atoms with van der Waals surface area (Å²) in [6.07, 6.45) is 0.252. The third kappa shape index (κ3) is 2.58. The van der Waals surface area contributed by atoms with Crippen molar-refractivity contribution in [1.29, 1.82) is 0 Å². The minimum atomic E-state index is -0.299. The molecule has 8 heavy (non-hydrogen) atoms. The van der Waals surface area contributed by atoms with Gasteiger partial charge in [0.2, 0.25) is 0 Å². The Hall–Kier alpha value is -0.570. The summed E-state index contributed by atoms with van der Waals surface area (Å²) in [7, 11) is 0. The largest absolute Gasteiger partial charge is 0.400 e. The Morgan fingerprint density at radius 1 is 1.62 bits per heavy atom. The molecule has 48 valence electrons. The van der Waals surface area contributed by atoms with Crippen molar-refractivity contribution in [1.82, 2.24) is 0 Å². The smallest absolute Gasteiger partial charge is 0.119 e. The molecule has 0 rings (SSSR count). The van der Waals surface area contributed by atoms with E-state index in [1.54, 1.807) is 0 Å². The zero-order valence-electron chi connectivity index (χ0n) is 4.95. The van der Waals surface area contributed by atoms with Crippen LogP contribution in [-0.4, -0.2) is 6.54 Å². The van der Waals surface area contributed by atoms with E-state index < -0.39 is 0 Å². The maximum atomic E-state index is 12.2. The van der Waals surface area contributed by atoms with Crippen LogP contribution in [0, 0.1) is 0 Å². The lowest BCUT2D eigenvalue weighted by atomic mass is 10.3. The third-order valence-electron chi connectivity index (χ3n) is 0.792. The average molecular weight is 118 g/mol. The van der Waals surface area contributed by atoms with E-state index in [-0.39, 0.29) is 17.9 Å². The molecular weight excluding hydrogens is 107 g/mol. The minimum absolute atomic E-state index is 0.232. The molecule has 2 nitrogen and oxygen atoms in total. The standard InChI is InChI=1S/C5H11FN2/c1-4(8)5(6)2-3-7/h2-3,7-8H2,1H3/b5-4+. The first-order valence-corrected chi connectivity index (χ1v) is 2.49. The van der Waals surface area contributed by atoms with Crippen LogP contribution in [0.3, 0.4) is 0 Å². The average Bonchev–Trinajstić information content (AvgIpc) is 1.67. The van der Waals surface area contributed by atoms with Crippen LogP contribution in [0.25, 0.3) is 0 Å². The van der Waals surface area contributed by atoms with Gasteiger partial charge >= 0.3 is 0 Å². The summed E-state index contributed by atoms with van der Waals surface area (Å²) >= 11 is 0. The first kappa shape index (κ1) is 7.43. The molecule has 0 amide bonds. The quantitative estimate of drug-likeness (QED) is 0.554. The van der Waals surface area contributed by atoms with Crippen molar-refractivity contribution in [3.05, 3.63) is 11.5 Å². The highest BCUT2D eigenvalue weighted by molar-refractivity contribution is 4.99. The normalized spacial score (nSPS) is 13.4. The van der Waals surface area contributed by atoms with E-state index in [0.29, 0.717) is 6.54 Å². The van der Waals surface area contributed by atoms with Crippen LogP contribution in [0.1, 0.15) is 13.3 Å². The van der Waals surface area contributed by atoms with Crippen molar-refractivity contribution >= 4 is 0 Å². The molecule has 0 aliphatic heterocycles. The lowest BCUT2D eigenvalue weighted by Crippen LogP contribution is -2.02. The number of allylic oxidation sites excluding steroid dienone is 1. The van der Waals surface area contributed by atoms with Gasteiger partial charge in [0.05, 0.1) is 0 Å². The Bertz CT molecular complexity index is 94.6. The lowest BCUT2D eigenvalue weighted by molar-refractivity contribution is 0.579. The molecule has 3 heteroatoms. The molecule has 0 aliphatic carbocycles. The molecular formula is C5H11FN2. The fourth-order valence-corrected chi connectivity index (χ4v) is 0.324. The fraction of sp³-hybridized carbons (Fsp3) is 0.600. The van der Waals surface area contributed by atoms with Crippen molar-refractivity contribution in [3.8, 4) is 0 Å². The van der Waals surface area contributed by atoms with Gasteiger partial charge in [0.25, 0.3) is 0 Å². The molecule has 0 saturated heterocycles. The van der Waals surface area contributed by atoms with Crippen LogP contribution < -0.4 is 11.5 Å². The van der Waals surface area contributed by atoms with Gasteiger partial charge in [-0.2, -0.15) is 0 Å².